The van der Waals surface area contributed by atoms with Crippen LogP contribution in [0, 0.1) is 11.8 Å². The zero-order valence-corrected chi connectivity index (χ0v) is 25.3. The van der Waals surface area contributed by atoms with Gasteiger partial charge in [-0.1, -0.05) is 181 Å². The number of carboxylic acid groups (broad SMARTS) is 1. The van der Waals surface area contributed by atoms with Crippen LogP contribution < -0.4 is 0 Å². The van der Waals surface area contributed by atoms with E-state index in [9.17, 15) is 9.90 Å². The Labute approximate surface area is 228 Å². The van der Waals surface area contributed by atoms with E-state index in [1.54, 1.807) is 0 Å². The quantitative estimate of drug-likeness (QED) is 0.0979. The molecule has 0 heterocycles. The smallest absolute Gasteiger partial charge is 0.306 e. The van der Waals surface area contributed by atoms with Crippen LogP contribution >= 0.6 is 0 Å². The van der Waals surface area contributed by atoms with Crippen LogP contribution in [0.1, 0.15) is 201 Å². The Balaban J connectivity index is 4.02. The number of aliphatic carboxylic acids is 1. The molecular weight excluding hydrogens is 440 g/mol. The van der Waals surface area contributed by atoms with Crippen molar-refractivity contribution in [2.75, 3.05) is 0 Å². The summed E-state index contributed by atoms with van der Waals surface area (Å²) < 4.78 is 0. The molecule has 2 nitrogen and oxygen atoms in total. The van der Waals surface area contributed by atoms with E-state index in [1.807, 2.05) is 0 Å². The number of rotatable bonds is 30. The molecule has 36 heavy (non-hydrogen) atoms. The molecule has 0 aliphatic heterocycles. The molecule has 0 aliphatic rings. The summed E-state index contributed by atoms with van der Waals surface area (Å²) in [4.78, 5) is 12.2. The highest BCUT2D eigenvalue weighted by Gasteiger charge is 2.26. The number of hydrogen-bond acceptors (Lipinski definition) is 1. The fraction of sp³-hybridized carbons (Fsp3) is 0.971. The maximum absolute atomic E-state index is 12.2. The number of hydrogen-bond donors (Lipinski definition) is 1. The fourth-order valence-electron chi connectivity index (χ4n) is 5.86. The first-order valence-electron chi connectivity index (χ1n) is 16.9. The lowest BCUT2D eigenvalue weighted by Gasteiger charge is -2.24. The Morgan fingerprint density at radius 2 is 0.667 bits per heavy atom. The lowest BCUT2D eigenvalue weighted by Crippen LogP contribution is -2.24. The fourth-order valence-corrected chi connectivity index (χ4v) is 5.86. The Kier molecular flexibility index (Phi) is 28.6. The molecule has 0 bridgehead atoms. The van der Waals surface area contributed by atoms with E-state index >= 15 is 0 Å². The molecule has 0 saturated carbocycles. The normalized spacial score (nSPS) is 13.2. The maximum Gasteiger partial charge on any atom is 0.306 e. The molecular formula is C34H68O2. The van der Waals surface area contributed by atoms with E-state index in [2.05, 4.69) is 20.8 Å². The van der Waals surface area contributed by atoms with Gasteiger partial charge in [0.05, 0.1) is 5.92 Å². The molecule has 0 spiro atoms. The zero-order valence-electron chi connectivity index (χ0n) is 25.3. The second-order valence-electron chi connectivity index (χ2n) is 11.8. The monoisotopic (exact) mass is 509 g/mol. The summed E-state index contributed by atoms with van der Waals surface area (Å²) in [5, 5.41) is 10.0. The average Bonchev–Trinajstić information content (AvgIpc) is 2.87. The molecule has 0 aromatic rings. The molecule has 0 rings (SSSR count). The first kappa shape index (κ1) is 35.5. The average molecular weight is 509 g/mol. The van der Waals surface area contributed by atoms with Crippen LogP contribution in [0.3, 0.4) is 0 Å². The van der Waals surface area contributed by atoms with Gasteiger partial charge in [-0.25, -0.2) is 0 Å². The highest BCUT2D eigenvalue weighted by atomic mass is 16.4. The van der Waals surface area contributed by atoms with Gasteiger partial charge in [-0.05, 0) is 25.2 Å². The molecule has 0 amide bonds. The molecule has 1 N–H and O–H groups in total. The Hall–Kier alpha value is -0.530. The number of unbranched alkanes of at least 4 members (excludes halogenated alkanes) is 22. The molecule has 2 atom stereocenters. The van der Waals surface area contributed by atoms with Crippen molar-refractivity contribution in [3.63, 3.8) is 0 Å². The van der Waals surface area contributed by atoms with E-state index < -0.39 is 5.97 Å². The molecule has 2 heteroatoms. The first-order chi connectivity index (χ1) is 17.7. The van der Waals surface area contributed by atoms with Crippen LogP contribution in [0.5, 0.6) is 0 Å². The lowest BCUT2D eigenvalue weighted by atomic mass is 9.80. The van der Waals surface area contributed by atoms with Gasteiger partial charge in [-0.3, -0.25) is 4.79 Å². The van der Waals surface area contributed by atoms with Gasteiger partial charge >= 0.3 is 5.97 Å². The third-order valence-electron chi connectivity index (χ3n) is 8.36. The molecule has 0 aromatic carbocycles. The molecule has 216 valence electrons. The standard InChI is InChI=1S/C34H68O2/c1-4-7-10-12-14-16-17-18-19-20-21-23-25-28-31-33(34(35)36)32(29-26-9-6-3)30-27-24-22-15-13-11-8-5-2/h32-33H,4-31H2,1-3H3,(H,35,36). The lowest BCUT2D eigenvalue weighted by molar-refractivity contribution is -0.144. The van der Waals surface area contributed by atoms with Gasteiger partial charge in [0.2, 0.25) is 0 Å². The minimum absolute atomic E-state index is 0.108. The minimum Gasteiger partial charge on any atom is -0.481 e. The predicted molar refractivity (Wildman–Crippen MR) is 161 cm³/mol. The number of carbonyl (C=O) groups is 1. The summed E-state index contributed by atoms with van der Waals surface area (Å²) in [5.41, 5.74) is 0. The van der Waals surface area contributed by atoms with Gasteiger partial charge in [0.25, 0.3) is 0 Å². The molecule has 0 saturated heterocycles. The maximum atomic E-state index is 12.2. The van der Waals surface area contributed by atoms with E-state index in [0.717, 1.165) is 25.7 Å². The van der Waals surface area contributed by atoms with Crippen molar-refractivity contribution in [2.45, 2.75) is 201 Å². The van der Waals surface area contributed by atoms with E-state index in [4.69, 9.17) is 0 Å². The summed E-state index contributed by atoms with van der Waals surface area (Å²) in [5.74, 6) is -0.231. The Bertz CT molecular complexity index is 433. The Morgan fingerprint density at radius 1 is 0.417 bits per heavy atom. The highest BCUT2D eigenvalue weighted by molar-refractivity contribution is 5.70. The van der Waals surface area contributed by atoms with Crippen molar-refractivity contribution in [1.29, 1.82) is 0 Å². The molecule has 0 fully saturated rings. The Morgan fingerprint density at radius 3 is 1.00 bits per heavy atom. The van der Waals surface area contributed by atoms with Gasteiger partial charge in [-0.15, -0.1) is 0 Å². The predicted octanol–water partition coefficient (Wildman–Crippen LogP) is 12.3. The zero-order chi connectivity index (χ0) is 26.5. The highest BCUT2D eigenvalue weighted by Crippen LogP contribution is 2.30. The van der Waals surface area contributed by atoms with Crippen molar-refractivity contribution in [2.24, 2.45) is 11.8 Å². The van der Waals surface area contributed by atoms with E-state index in [0.29, 0.717) is 5.92 Å². The number of carboxylic acids is 1. The summed E-state index contributed by atoms with van der Waals surface area (Å²) in [6.45, 7) is 6.81. The largest absolute Gasteiger partial charge is 0.481 e. The van der Waals surface area contributed by atoms with Gasteiger partial charge in [0.15, 0.2) is 0 Å². The molecule has 0 radical (unpaired) electrons. The van der Waals surface area contributed by atoms with Gasteiger partial charge in [0, 0.05) is 0 Å². The van der Waals surface area contributed by atoms with Crippen LogP contribution in [0.2, 0.25) is 0 Å². The van der Waals surface area contributed by atoms with Crippen molar-refractivity contribution in [1.82, 2.24) is 0 Å². The van der Waals surface area contributed by atoms with Crippen molar-refractivity contribution < 1.29 is 9.90 Å². The summed E-state index contributed by atoms with van der Waals surface area (Å²) in [6.07, 6.45) is 36.6. The topological polar surface area (TPSA) is 37.3 Å². The van der Waals surface area contributed by atoms with Gasteiger partial charge in [-0.2, -0.15) is 0 Å². The minimum atomic E-state index is -0.522. The molecule has 2 unspecified atom stereocenters. The summed E-state index contributed by atoms with van der Waals surface area (Å²) in [7, 11) is 0. The van der Waals surface area contributed by atoms with Crippen LogP contribution in [0.4, 0.5) is 0 Å². The third-order valence-corrected chi connectivity index (χ3v) is 8.36. The van der Waals surface area contributed by atoms with Crippen LogP contribution in [0.25, 0.3) is 0 Å². The van der Waals surface area contributed by atoms with Crippen LogP contribution in [0.15, 0.2) is 0 Å². The third kappa shape index (κ3) is 23.8. The van der Waals surface area contributed by atoms with Crippen LogP contribution in [-0.2, 0) is 4.79 Å². The van der Waals surface area contributed by atoms with Crippen molar-refractivity contribution in [3.05, 3.63) is 0 Å². The van der Waals surface area contributed by atoms with Crippen molar-refractivity contribution in [3.8, 4) is 0 Å². The second kappa shape index (κ2) is 29.0. The molecule has 0 aliphatic carbocycles. The van der Waals surface area contributed by atoms with E-state index in [1.165, 1.54) is 154 Å². The first-order valence-corrected chi connectivity index (χ1v) is 16.9. The SMILES string of the molecule is CCCCCCCCCCCCCCCCC(C(=O)O)C(CCCCC)CCCCCCCCCC. The summed E-state index contributed by atoms with van der Waals surface area (Å²) >= 11 is 0. The second-order valence-corrected chi connectivity index (χ2v) is 11.8. The van der Waals surface area contributed by atoms with Gasteiger partial charge < -0.3 is 5.11 Å². The van der Waals surface area contributed by atoms with E-state index in [-0.39, 0.29) is 5.92 Å². The molecule has 0 aromatic heterocycles. The summed E-state index contributed by atoms with van der Waals surface area (Å²) in [6, 6.07) is 0. The van der Waals surface area contributed by atoms with Gasteiger partial charge in [0.1, 0.15) is 0 Å². The van der Waals surface area contributed by atoms with Crippen molar-refractivity contribution >= 4 is 5.97 Å². The van der Waals surface area contributed by atoms with Crippen LogP contribution in [-0.4, -0.2) is 11.1 Å².